The number of nitrogens with zero attached hydrogens (tertiary/aromatic N) is 4. The number of aromatic hydroxyl groups is 1. The lowest BCUT2D eigenvalue weighted by atomic mass is 10.1. The van der Waals surface area contributed by atoms with Crippen molar-refractivity contribution in [2.24, 2.45) is 0 Å². The van der Waals surface area contributed by atoms with Gasteiger partial charge in [0.05, 0.1) is 12.0 Å². The number of hydrogen-bond acceptors (Lipinski definition) is 6. The Balaban J connectivity index is 1.89. The minimum Gasteiger partial charge on any atom is -0.508 e. The first-order valence-electron chi connectivity index (χ1n) is 6.57. The molecule has 108 valence electrons. The van der Waals surface area contributed by atoms with Crippen LogP contribution >= 0.6 is 0 Å². The van der Waals surface area contributed by atoms with Crippen molar-refractivity contribution in [2.45, 2.75) is 0 Å². The first-order valence-corrected chi connectivity index (χ1v) is 6.57. The summed E-state index contributed by atoms with van der Waals surface area (Å²) in [4.78, 5) is 8.70. The summed E-state index contributed by atoms with van der Waals surface area (Å²) in [6.07, 6.45) is 1.56. The molecular formula is C15H11N5O2. The van der Waals surface area contributed by atoms with E-state index in [0.29, 0.717) is 22.9 Å². The lowest BCUT2D eigenvalue weighted by Crippen LogP contribution is -2.03. The van der Waals surface area contributed by atoms with Crippen molar-refractivity contribution in [3.63, 3.8) is 0 Å². The van der Waals surface area contributed by atoms with Crippen LogP contribution in [0.5, 0.6) is 5.75 Å². The van der Waals surface area contributed by atoms with Crippen LogP contribution in [0.25, 0.3) is 28.5 Å². The second kappa shape index (κ2) is 4.59. The largest absolute Gasteiger partial charge is 0.508 e. The van der Waals surface area contributed by atoms with Crippen LogP contribution in [-0.2, 0) is 0 Å². The number of anilines is 1. The number of nitrogen functional groups attached to an aromatic ring is 1. The zero-order valence-electron chi connectivity index (χ0n) is 11.3. The van der Waals surface area contributed by atoms with Crippen molar-refractivity contribution in [1.82, 2.24) is 19.6 Å². The average Bonchev–Trinajstić information content (AvgIpc) is 3.16. The van der Waals surface area contributed by atoms with E-state index in [0.717, 1.165) is 5.56 Å². The van der Waals surface area contributed by atoms with E-state index in [1.807, 2.05) is 6.07 Å². The lowest BCUT2D eigenvalue weighted by Gasteiger charge is -2.03. The van der Waals surface area contributed by atoms with Gasteiger partial charge in [-0.15, -0.1) is 5.10 Å². The van der Waals surface area contributed by atoms with Gasteiger partial charge in [-0.2, -0.15) is 4.52 Å². The Labute approximate surface area is 124 Å². The van der Waals surface area contributed by atoms with Crippen LogP contribution in [0, 0.1) is 0 Å². The van der Waals surface area contributed by atoms with Crippen molar-refractivity contribution in [3.05, 3.63) is 48.7 Å². The molecule has 3 aromatic heterocycles. The zero-order valence-corrected chi connectivity index (χ0v) is 11.3. The van der Waals surface area contributed by atoms with Crippen LogP contribution in [0.3, 0.4) is 0 Å². The molecule has 0 saturated heterocycles. The van der Waals surface area contributed by atoms with Gasteiger partial charge in [0.2, 0.25) is 11.8 Å². The first kappa shape index (κ1) is 12.4. The normalized spacial score (nSPS) is 11.1. The van der Waals surface area contributed by atoms with Gasteiger partial charge in [0.1, 0.15) is 5.75 Å². The van der Waals surface area contributed by atoms with E-state index in [-0.39, 0.29) is 11.7 Å². The second-order valence-corrected chi connectivity index (χ2v) is 4.73. The molecule has 4 aromatic rings. The molecule has 4 rings (SSSR count). The molecule has 0 spiro atoms. The molecule has 0 bridgehead atoms. The summed E-state index contributed by atoms with van der Waals surface area (Å²) in [5, 5.41) is 13.9. The highest BCUT2D eigenvalue weighted by atomic mass is 16.3. The summed E-state index contributed by atoms with van der Waals surface area (Å²) in [5.74, 6) is 1.37. The maximum atomic E-state index is 9.58. The molecule has 0 unspecified atom stereocenters. The standard InChI is InChI=1S/C15H11N5O2/c16-15-17-11(9-3-1-4-10(21)7-9)8-13-18-14(19-20(13)15)12-5-2-6-22-12/h1-8,21H,(H2,16,17). The third-order valence-electron chi connectivity index (χ3n) is 3.23. The Bertz CT molecular complexity index is 959. The Hall–Kier alpha value is -3.35. The van der Waals surface area contributed by atoms with E-state index < -0.39 is 0 Å². The zero-order chi connectivity index (χ0) is 15.1. The molecule has 0 atom stereocenters. The predicted molar refractivity (Wildman–Crippen MR) is 80.0 cm³/mol. The molecule has 7 heteroatoms. The summed E-state index contributed by atoms with van der Waals surface area (Å²) in [5.41, 5.74) is 7.87. The molecule has 0 aliphatic carbocycles. The van der Waals surface area contributed by atoms with E-state index in [9.17, 15) is 5.11 Å². The van der Waals surface area contributed by atoms with E-state index in [2.05, 4.69) is 15.1 Å². The number of rotatable bonds is 2. The number of furan rings is 1. The summed E-state index contributed by atoms with van der Waals surface area (Å²) >= 11 is 0. The summed E-state index contributed by atoms with van der Waals surface area (Å²) < 4.78 is 6.74. The number of phenols is 1. The van der Waals surface area contributed by atoms with Crippen LogP contribution in [-0.4, -0.2) is 24.7 Å². The summed E-state index contributed by atoms with van der Waals surface area (Å²) in [6, 6.07) is 12.1. The molecule has 0 radical (unpaired) electrons. The summed E-state index contributed by atoms with van der Waals surface area (Å²) in [7, 11) is 0. The average molecular weight is 293 g/mol. The minimum atomic E-state index is 0.162. The minimum absolute atomic E-state index is 0.162. The van der Waals surface area contributed by atoms with Gasteiger partial charge in [-0.3, -0.25) is 0 Å². The van der Waals surface area contributed by atoms with Gasteiger partial charge >= 0.3 is 0 Å². The molecule has 22 heavy (non-hydrogen) atoms. The topological polar surface area (TPSA) is 102 Å². The molecular weight excluding hydrogens is 282 g/mol. The fraction of sp³-hybridized carbons (Fsp3) is 0. The Kier molecular flexibility index (Phi) is 2.59. The molecule has 3 N–H and O–H groups in total. The molecule has 1 aromatic carbocycles. The van der Waals surface area contributed by atoms with E-state index in [1.54, 1.807) is 42.7 Å². The second-order valence-electron chi connectivity index (χ2n) is 4.73. The molecule has 7 nitrogen and oxygen atoms in total. The van der Waals surface area contributed by atoms with Crippen LogP contribution in [0.4, 0.5) is 5.95 Å². The van der Waals surface area contributed by atoms with Gasteiger partial charge < -0.3 is 15.3 Å². The SMILES string of the molecule is Nc1nc(-c2cccc(O)c2)cc2nc(-c3ccco3)nn12. The molecule has 0 fully saturated rings. The molecule has 0 saturated carbocycles. The van der Waals surface area contributed by atoms with E-state index >= 15 is 0 Å². The molecule has 3 heterocycles. The summed E-state index contributed by atoms with van der Waals surface area (Å²) in [6.45, 7) is 0. The Morgan fingerprint density at radius 3 is 2.77 bits per heavy atom. The van der Waals surface area contributed by atoms with Crippen molar-refractivity contribution in [2.75, 3.05) is 5.73 Å². The quantitative estimate of drug-likeness (QED) is 0.588. The molecule has 0 aliphatic heterocycles. The van der Waals surface area contributed by atoms with E-state index in [1.165, 1.54) is 4.52 Å². The first-order chi connectivity index (χ1) is 10.7. The highest BCUT2D eigenvalue weighted by Crippen LogP contribution is 2.25. The van der Waals surface area contributed by atoms with Crippen molar-refractivity contribution in [3.8, 4) is 28.6 Å². The lowest BCUT2D eigenvalue weighted by molar-refractivity contribution is 0.475. The van der Waals surface area contributed by atoms with Gasteiger partial charge in [0, 0.05) is 11.6 Å². The van der Waals surface area contributed by atoms with Gasteiger partial charge in [-0.1, -0.05) is 12.1 Å². The smallest absolute Gasteiger partial charge is 0.223 e. The van der Waals surface area contributed by atoms with Gasteiger partial charge in [-0.05, 0) is 24.3 Å². The number of aromatic nitrogens is 4. The third-order valence-corrected chi connectivity index (χ3v) is 3.23. The van der Waals surface area contributed by atoms with Crippen molar-refractivity contribution < 1.29 is 9.52 Å². The number of benzene rings is 1. The van der Waals surface area contributed by atoms with E-state index in [4.69, 9.17) is 10.2 Å². The number of phenolic OH excluding ortho intramolecular Hbond substituents is 1. The van der Waals surface area contributed by atoms with Crippen LogP contribution in [0.1, 0.15) is 0 Å². The fourth-order valence-electron chi connectivity index (χ4n) is 2.23. The maximum absolute atomic E-state index is 9.58. The van der Waals surface area contributed by atoms with Crippen molar-refractivity contribution >= 4 is 11.6 Å². The van der Waals surface area contributed by atoms with Gasteiger partial charge in [0.25, 0.3) is 0 Å². The third kappa shape index (κ3) is 1.96. The van der Waals surface area contributed by atoms with Crippen LogP contribution < -0.4 is 5.73 Å². The Morgan fingerprint density at radius 1 is 1.09 bits per heavy atom. The van der Waals surface area contributed by atoms with Crippen LogP contribution in [0.15, 0.2) is 53.1 Å². The van der Waals surface area contributed by atoms with Gasteiger partial charge in [0.15, 0.2) is 11.4 Å². The number of hydrogen-bond donors (Lipinski definition) is 2. The monoisotopic (exact) mass is 293 g/mol. The van der Waals surface area contributed by atoms with Gasteiger partial charge in [-0.25, -0.2) is 9.97 Å². The molecule has 0 amide bonds. The van der Waals surface area contributed by atoms with Crippen molar-refractivity contribution in [1.29, 1.82) is 0 Å². The number of fused-ring (bicyclic) bond motifs is 1. The predicted octanol–water partition coefficient (Wildman–Crippen LogP) is 2.34. The molecule has 0 aliphatic rings. The highest BCUT2D eigenvalue weighted by molar-refractivity contribution is 5.67. The number of nitrogens with two attached hydrogens (primary N) is 1. The maximum Gasteiger partial charge on any atom is 0.223 e. The Morgan fingerprint density at radius 2 is 2.00 bits per heavy atom. The highest BCUT2D eigenvalue weighted by Gasteiger charge is 2.13. The fourth-order valence-corrected chi connectivity index (χ4v) is 2.23. The van der Waals surface area contributed by atoms with Crippen LogP contribution in [0.2, 0.25) is 0 Å².